The number of benzene rings is 1. The van der Waals surface area contributed by atoms with Crippen LogP contribution >= 0.6 is 27.3 Å². The molecule has 6 nitrogen and oxygen atoms in total. The lowest BCUT2D eigenvalue weighted by atomic mass is 10.4. The topological polar surface area (TPSA) is 76.9 Å². The fourth-order valence-corrected chi connectivity index (χ4v) is 4.43. The van der Waals surface area contributed by atoms with Crippen molar-refractivity contribution in [3.63, 3.8) is 0 Å². The summed E-state index contributed by atoms with van der Waals surface area (Å²) in [5.74, 6) is 0. The van der Waals surface area contributed by atoms with Gasteiger partial charge in [-0.2, -0.15) is 11.3 Å². The van der Waals surface area contributed by atoms with Crippen LogP contribution in [0.2, 0.25) is 0 Å². The zero-order valence-electron chi connectivity index (χ0n) is 11.2. The van der Waals surface area contributed by atoms with E-state index in [1.807, 2.05) is 16.8 Å². The predicted molar refractivity (Wildman–Crippen MR) is 87.4 cm³/mol. The fourth-order valence-electron chi connectivity index (χ4n) is 1.80. The number of halogens is 1. The standard InChI is InChI=1S/C13H11BrN4O2S2/c14-12-3-1-2-4-13(12)22(19,20)15-7-10-8-18(17-16-10)11-5-6-21-9-11/h1-6,8-9,15H,7H2. The Balaban J connectivity index is 1.74. The molecule has 0 saturated carbocycles. The van der Waals surface area contributed by atoms with Gasteiger partial charge in [0.1, 0.15) is 0 Å². The first-order chi connectivity index (χ1) is 10.6. The highest BCUT2D eigenvalue weighted by atomic mass is 79.9. The summed E-state index contributed by atoms with van der Waals surface area (Å²) in [7, 11) is -3.61. The number of hydrogen-bond acceptors (Lipinski definition) is 5. The Kier molecular flexibility index (Phi) is 4.39. The van der Waals surface area contributed by atoms with Crippen LogP contribution in [0.4, 0.5) is 0 Å². The van der Waals surface area contributed by atoms with Crippen molar-refractivity contribution in [3.05, 3.63) is 57.5 Å². The van der Waals surface area contributed by atoms with Crippen LogP contribution in [0.25, 0.3) is 5.69 Å². The van der Waals surface area contributed by atoms with Crippen LogP contribution in [-0.2, 0) is 16.6 Å². The molecule has 3 aromatic rings. The molecule has 0 aliphatic carbocycles. The van der Waals surface area contributed by atoms with E-state index >= 15 is 0 Å². The average Bonchev–Trinajstić information content (AvgIpc) is 3.17. The molecule has 0 radical (unpaired) electrons. The monoisotopic (exact) mass is 398 g/mol. The summed E-state index contributed by atoms with van der Waals surface area (Å²) in [6, 6.07) is 8.56. The molecule has 3 rings (SSSR count). The van der Waals surface area contributed by atoms with E-state index in [1.165, 1.54) is 6.07 Å². The molecule has 22 heavy (non-hydrogen) atoms. The van der Waals surface area contributed by atoms with Crippen molar-refractivity contribution in [2.75, 3.05) is 0 Å². The van der Waals surface area contributed by atoms with Crippen molar-refractivity contribution in [2.45, 2.75) is 11.4 Å². The summed E-state index contributed by atoms with van der Waals surface area (Å²) < 4.78 is 29.2. The molecule has 1 aromatic carbocycles. The van der Waals surface area contributed by atoms with Crippen LogP contribution in [-0.4, -0.2) is 23.4 Å². The van der Waals surface area contributed by atoms with Gasteiger partial charge in [-0.25, -0.2) is 17.8 Å². The third kappa shape index (κ3) is 3.27. The number of aromatic nitrogens is 3. The normalized spacial score (nSPS) is 11.7. The largest absolute Gasteiger partial charge is 0.242 e. The van der Waals surface area contributed by atoms with E-state index in [9.17, 15) is 8.42 Å². The maximum Gasteiger partial charge on any atom is 0.242 e. The second-order valence-corrected chi connectivity index (χ2v) is 7.76. The third-order valence-electron chi connectivity index (χ3n) is 2.88. The lowest BCUT2D eigenvalue weighted by Gasteiger charge is -2.06. The molecule has 0 fully saturated rings. The highest BCUT2D eigenvalue weighted by Crippen LogP contribution is 2.21. The Hall–Kier alpha value is -1.55. The molecule has 9 heteroatoms. The van der Waals surface area contributed by atoms with Crippen LogP contribution in [0.3, 0.4) is 0 Å². The molecule has 0 amide bonds. The lowest BCUT2D eigenvalue weighted by Crippen LogP contribution is -2.23. The van der Waals surface area contributed by atoms with Gasteiger partial charge in [0, 0.05) is 9.85 Å². The molecule has 0 spiro atoms. The Labute approximate surface area is 140 Å². The first-order valence-corrected chi connectivity index (χ1v) is 9.46. The van der Waals surface area contributed by atoms with E-state index in [2.05, 4.69) is 31.0 Å². The Morgan fingerprint density at radius 1 is 1.27 bits per heavy atom. The van der Waals surface area contributed by atoms with E-state index < -0.39 is 10.0 Å². The van der Waals surface area contributed by atoms with Crippen LogP contribution < -0.4 is 4.72 Å². The molecule has 0 unspecified atom stereocenters. The van der Waals surface area contributed by atoms with Crippen molar-refractivity contribution < 1.29 is 8.42 Å². The van der Waals surface area contributed by atoms with Gasteiger partial charge in [-0.1, -0.05) is 17.3 Å². The maximum absolute atomic E-state index is 12.3. The van der Waals surface area contributed by atoms with Crippen LogP contribution in [0.15, 0.2) is 56.7 Å². The summed E-state index contributed by atoms with van der Waals surface area (Å²) >= 11 is 4.79. The summed E-state index contributed by atoms with van der Waals surface area (Å²) in [6.07, 6.45) is 1.70. The van der Waals surface area contributed by atoms with Gasteiger partial charge in [0.25, 0.3) is 0 Å². The molecule has 1 N–H and O–H groups in total. The first-order valence-electron chi connectivity index (χ1n) is 6.24. The fraction of sp³-hybridized carbons (Fsp3) is 0.0769. The van der Waals surface area contributed by atoms with Gasteiger partial charge >= 0.3 is 0 Å². The number of hydrogen-bond donors (Lipinski definition) is 1. The highest BCUT2D eigenvalue weighted by Gasteiger charge is 2.17. The van der Waals surface area contributed by atoms with Gasteiger partial charge in [-0.05, 0) is 39.5 Å². The minimum absolute atomic E-state index is 0.0772. The molecule has 0 aliphatic rings. The van der Waals surface area contributed by atoms with E-state index in [4.69, 9.17) is 0 Å². The number of nitrogens with one attached hydrogen (secondary N) is 1. The van der Waals surface area contributed by atoms with Gasteiger partial charge < -0.3 is 0 Å². The average molecular weight is 399 g/mol. The smallest absolute Gasteiger partial charge is 0.220 e. The molecular formula is C13H11BrN4O2S2. The summed E-state index contributed by atoms with van der Waals surface area (Å²) in [5, 5.41) is 11.8. The number of rotatable bonds is 5. The molecule has 114 valence electrons. The van der Waals surface area contributed by atoms with E-state index in [0.29, 0.717) is 10.2 Å². The zero-order chi connectivity index (χ0) is 15.6. The Morgan fingerprint density at radius 3 is 2.82 bits per heavy atom. The first kappa shape index (κ1) is 15.3. The van der Waals surface area contributed by atoms with Crippen molar-refractivity contribution in [3.8, 4) is 5.69 Å². The van der Waals surface area contributed by atoms with Crippen molar-refractivity contribution in [1.29, 1.82) is 0 Å². The molecule has 2 heterocycles. The van der Waals surface area contributed by atoms with Gasteiger partial charge in [-0.3, -0.25) is 0 Å². The second-order valence-electron chi connectivity index (χ2n) is 4.39. The minimum Gasteiger partial charge on any atom is -0.220 e. The SMILES string of the molecule is O=S(=O)(NCc1cn(-c2ccsc2)nn1)c1ccccc1Br. The quantitative estimate of drug-likeness (QED) is 0.716. The Morgan fingerprint density at radius 2 is 2.09 bits per heavy atom. The van der Waals surface area contributed by atoms with Crippen LogP contribution in [0.5, 0.6) is 0 Å². The van der Waals surface area contributed by atoms with Crippen LogP contribution in [0, 0.1) is 0 Å². The zero-order valence-corrected chi connectivity index (χ0v) is 14.4. The van der Waals surface area contributed by atoms with Gasteiger partial charge in [0.2, 0.25) is 10.0 Å². The Bertz CT molecular complexity index is 875. The molecule has 0 bridgehead atoms. The summed E-state index contributed by atoms with van der Waals surface area (Å²) in [6.45, 7) is 0.0772. The summed E-state index contributed by atoms with van der Waals surface area (Å²) in [5.41, 5.74) is 1.44. The van der Waals surface area contributed by atoms with Gasteiger partial charge in [-0.15, -0.1) is 5.10 Å². The van der Waals surface area contributed by atoms with Gasteiger partial charge in [0.15, 0.2) is 0 Å². The minimum atomic E-state index is -3.61. The molecule has 2 aromatic heterocycles. The maximum atomic E-state index is 12.3. The van der Waals surface area contributed by atoms with Gasteiger partial charge in [0.05, 0.1) is 29.0 Å². The second kappa shape index (κ2) is 6.29. The number of sulfonamides is 1. The van der Waals surface area contributed by atoms with E-state index in [1.54, 1.807) is 40.4 Å². The van der Waals surface area contributed by atoms with E-state index in [0.717, 1.165) is 5.69 Å². The number of nitrogens with zero attached hydrogens (tertiary/aromatic N) is 3. The van der Waals surface area contributed by atoms with E-state index in [-0.39, 0.29) is 11.4 Å². The number of thiophene rings is 1. The molecule has 0 aliphatic heterocycles. The molecular weight excluding hydrogens is 388 g/mol. The van der Waals surface area contributed by atoms with Crippen molar-refractivity contribution >= 4 is 37.3 Å². The van der Waals surface area contributed by atoms with Crippen LogP contribution in [0.1, 0.15) is 5.69 Å². The van der Waals surface area contributed by atoms with Crippen molar-refractivity contribution in [1.82, 2.24) is 19.7 Å². The lowest BCUT2D eigenvalue weighted by molar-refractivity contribution is 0.580. The predicted octanol–water partition coefficient (Wildman–Crippen LogP) is 2.57. The molecule has 0 saturated heterocycles. The molecule has 0 atom stereocenters. The van der Waals surface area contributed by atoms with Crippen molar-refractivity contribution in [2.24, 2.45) is 0 Å². The highest BCUT2D eigenvalue weighted by molar-refractivity contribution is 9.10. The summed E-state index contributed by atoms with van der Waals surface area (Å²) in [4.78, 5) is 0.195. The third-order valence-corrected chi connectivity index (χ3v) is 5.97.